The summed E-state index contributed by atoms with van der Waals surface area (Å²) in [6, 6.07) is 1.29. The molecule has 2 amide bonds. The monoisotopic (exact) mass is 369 g/mol. The minimum Gasteiger partial charge on any atom is -0.354 e. The van der Waals surface area contributed by atoms with Gasteiger partial charge in [0.05, 0.1) is 6.04 Å². The van der Waals surface area contributed by atoms with Gasteiger partial charge in [0.2, 0.25) is 5.91 Å². The largest absolute Gasteiger partial charge is 0.354 e. The van der Waals surface area contributed by atoms with Gasteiger partial charge in [0, 0.05) is 25.2 Å². The molecule has 1 aromatic rings. The number of halogens is 3. The van der Waals surface area contributed by atoms with Crippen LogP contribution < -0.4 is 10.6 Å². The molecule has 26 heavy (non-hydrogen) atoms. The van der Waals surface area contributed by atoms with Crippen molar-refractivity contribution < 1.29 is 22.8 Å². The number of hydrogen-bond donors (Lipinski definition) is 2. The molecule has 1 aromatic carbocycles. The van der Waals surface area contributed by atoms with Gasteiger partial charge in [-0.3, -0.25) is 9.59 Å². The van der Waals surface area contributed by atoms with E-state index in [0.29, 0.717) is 19.6 Å². The van der Waals surface area contributed by atoms with Gasteiger partial charge in [0.25, 0.3) is 5.91 Å². The average Bonchev–Trinajstić information content (AvgIpc) is 3.18. The fourth-order valence-electron chi connectivity index (χ4n) is 3.55. The number of carbonyl (C=O) groups is 2. The third kappa shape index (κ3) is 4.17. The molecule has 2 heterocycles. The van der Waals surface area contributed by atoms with Crippen LogP contribution in [0.2, 0.25) is 0 Å². The number of likely N-dealkylation sites (tertiary alicyclic amines) is 1. The lowest BCUT2D eigenvalue weighted by Crippen LogP contribution is -2.46. The SMILES string of the molecule is O=C(NCC1CCCN(C(=O)c2cc(F)c(F)c(F)c2)C1)C1CCCN1. The third-order valence-electron chi connectivity index (χ3n) is 4.98. The molecule has 142 valence electrons. The molecule has 0 spiro atoms. The van der Waals surface area contributed by atoms with Gasteiger partial charge < -0.3 is 15.5 Å². The molecule has 2 saturated heterocycles. The first-order valence-electron chi connectivity index (χ1n) is 8.90. The second-order valence-corrected chi connectivity index (χ2v) is 6.91. The van der Waals surface area contributed by atoms with Crippen LogP contribution >= 0.6 is 0 Å². The summed E-state index contributed by atoms with van der Waals surface area (Å²) in [6.45, 7) is 2.15. The Bertz CT molecular complexity index is 669. The van der Waals surface area contributed by atoms with Crippen LogP contribution in [0.4, 0.5) is 13.2 Å². The summed E-state index contributed by atoms with van der Waals surface area (Å²) < 4.78 is 39.8. The van der Waals surface area contributed by atoms with E-state index in [-0.39, 0.29) is 23.4 Å². The zero-order valence-corrected chi connectivity index (χ0v) is 14.4. The van der Waals surface area contributed by atoms with Crippen LogP contribution in [-0.2, 0) is 4.79 Å². The van der Waals surface area contributed by atoms with Crippen molar-refractivity contribution in [2.24, 2.45) is 5.92 Å². The van der Waals surface area contributed by atoms with Gasteiger partial charge in [0.1, 0.15) is 0 Å². The van der Waals surface area contributed by atoms with E-state index in [1.807, 2.05) is 0 Å². The van der Waals surface area contributed by atoms with Gasteiger partial charge in [-0.1, -0.05) is 0 Å². The first-order chi connectivity index (χ1) is 12.5. The molecule has 2 atom stereocenters. The summed E-state index contributed by atoms with van der Waals surface area (Å²) in [5.41, 5.74) is -0.207. The molecule has 0 bridgehead atoms. The molecule has 3 rings (SSSR count). The molecule has 0 aromatic heterocycles. The Morgan fingerprint density at radius 2 is 1.88 bits per heavy atom. The molecule has 2 N–H and O–H groups in total. The lowest BCUT2D eigenvalue weighted by atomic mass is 9.97. The highest BCUT2D eigenvalue weighted by atomic mass is 19.2. The smallest absolute Gasteiger partial charge is 0.254 e. The summed E-state index contributed by atoms with van der Waals surface area (Å²) in [7, 11) is 0. The molecule has 5 nitrogen and oxygen atoms in total. The first kappa shape index (κ1) is 18.7. The van der Waals surface area contributed by atoms with Crippen molar-refractivity contribution in [3.63, 3.8) is 0 Å². The zero-order valence-electron chi connectivity index (χ0n) is 14.4. The van der Waals surface area contributed by atoms with Crippen molar-refractivity contribution in [1.29, 1.82) is 0 Å². The minimum absolute atomic E-state index is 0.0337. The zero-order chi connectivity index (χ0) is 18.7. The number of nitrogens with zero attached hydrogens (tertiary/aromatic N) is 1. The van der Waals surface area contributed by atoms with E-state index in [0.717, 1.165) is 44.4 Å². The van der Waals surface area contributed by atoms with Crippen molar-refractivity contribution >= 4 is 11.8 Å². The molecule has 2 aliphatic rings. The van der Waals surface area contributed by atoms with Crippen LogP contribution in [0.25, 0.3) is 0 Å². The Balaban J connectivity index is 1.57. The fraction of sp³-hybridized carbons (Fsp3) is 0.556. The molecule has 8 heteroatoms. The van der Waals surface area contributed by atoms with Crippen LogP contribution in [0, 0.1) is 23.4 Å². The van der Waals surface area contributed by atoms with Crippen molar-refractivity contribution in [3.05, 3.63) is 35.1 Å². The van der Waals surface area contributed by atoms with Crippen molar-refractivity contribution in [1.82, 2.24) is 15.5 Å². The predicted octanol–water partition coefficient (Wildman–Crippen LogP) is 1.82. The lowest BCUT2D eigenvalue weighted by Gasteiger charge is -2.33. The summed E-state index contributed by atoms with van der Waals surface area (Å²) in [5, 5.41) is 6.04. The van der Waals surface area contributed by atoms with Gasteiger partial charge >= 0.3 is 0 Å². The van der Waals surface area contributed by atoms with Crippen LogP contribution in [-0.4, -0.2) is 48.9 Å². The van der Waals surface area contributed by atoms with Crippen LogP contribution in [0.5, 0.6) is 0 Å². The van der Waals surface area contributed by atoms with Crippen LogP contribution in [0.3, 0.4) is 0 Å². The lowest BCUT2D eigenvalue weighted by molar-refractivity contribution is -0.123. The minimum atomic E-state index is -1.58. The number of benzene rings is 1. The highest BCUT2D eigenvalue weighted by Crippen LogP contribution is 2.20. The van der Waals surface area contributed by atoms with Gasteiger partial charge in [-0.2, -0.15) is 0 Å². The maximum absolute atomic E-state index is 13.4. The molecule has 0 saturated carbocycles. The Kier molecular flexibility index (Phi) is 5.80. The summed E-state index contributed by atoms with van der Waals surface area (Å²) >= 11 is 0. The number of piperidine rings is 1. The molecular weight excluding hydrogens is 347 g/mol. The average molecular weight is 369 g/mol. The number of amides is 2. The normalized spacial score (nSPS) is 23.1. The van der Waals surface area contributed by atoms with Gasteiger partial charge in [0.15, 0.2) is 17.5 Å². The van der Waals surface area contributed by atoms with E-state index in [9.17, 15) is 22.8 Å². The highest BCUT2D eigenvalue weighted by Gasteiger charge is 2.27. The van der Waals surface area contributed by atoms with E-state index in [2.05, 4.69) is 10.6 Å². The molecule has 2 aliphatic heterocycles. The Morgan fingerprint density at radius 3 is 2.54 bits per heavy atom. The highest BCUT2D eigenvalue weighted by molar-refractivity contribution is 5.94. The number of nitrogens with one attached hydrogen (secondary N) is 2. The quantitative estimate of drug-likeness (QED) is 0.796. The predicted molar refractivity (Wildman–Crippen MR) is 89.0 cm³/mol. The van der Waals surface area contributed by atoms with Crippen molar-refractivity contribution in [3.8, 4) is 0 Å². The molecule has 0 radical (unpaired) electrons. The van der Waals surface area contributed by atoms with E-state index >= 15 is 0 Å². The molecule has 2 unspecified atom stereocenters. The topological polar surface area (TPSA) is 61.4 Å². The maximum Gasteiger partial charge on any atom is 0.254 e. The van der Waals surface area contributed by atoms with Gasteiger partial charge in [-0.25, -0.2) is 13.2 Å². The summed E-state index contributed by atoms with van der Waals surface area (Å²) in [5.74, 6) is -4.82. The summed E-state index contributed by atoms with van der Waals surface area (Å²) in [4.78, 5) is 26.0. The van der Waals surface area contributed by atoms with E-state index < -0.39 is 23.4 Å². The Labute approximate surface area is 149 Å². The molecule has 0 aliphatic carbocycles. The van der Waals surface area contributed by atoms with Crippen molar-refractivity contribution in [2.45, 2.75) is 31.7 Å². The second-order valence-electron chi connectivity index (χ2n) is 6.91. The Morgan fingerprint density at radius 1 is 1.15 bits per heavy atom. The maximum atomic E-state index is 13.4. The fourth-order valence-corrected chi connectivity index (χ4v) is 3.55. The van der Waals surface area contributed by atoms with Crippen LogP contribution in [0.15, 0.2) is 12.1 Å². The van der Waals surface area contributed by atoms with Gasteiger partial charge in [-0.15, -0.1) is 0 Å². The van der Waals surface area contributed by atoms with Gasteiger partial charge in [-0.05, 0) is 50.3 Å². The number of hydrogen-bond acceptors (Lipinski definition) is 3. The first-order valence-corrected chi connectivity index (χ1v) is 8.90. The number of carbonyl (C=O) groups excluding carboxylic acids is 2. The number of rotatable bonds is 4. The van der Waals surface area contributed by atoms with Crippen molar-refractivity contribution in [2.75, 3.05) is 26.2 Å². The van der Waals surface area contributed by atoms with E-state index in [1.165, 1.54) is 4.90 Å². The van der Waals surface area contributed by atoms with E-state index in [1.54, 1.807) is 0 Å². The molecule has 2 fully saturated rings. The third-order valence-corrected chi connectivity index (χ3v) is 4.98. The van der Waals surface area contributed by atoms with E-state index in [4.69, 9.17) is 0 Å². The second kappa shape index (κ2) is 8.07. The molecular formula is C18H22F3N3O2. The summed E-state index contributed by atoms with van der Waals surface area (Å²) in [6.07, 6.45) is 3.39. The Hall–Kier alpha value is -2.09. The van der Waals surface area contributed by atoms with Crippen LogP contribution in [0.1, 0.15) is 36.0 Å². The standard InChI is InChI=1S/C18H22F3N3O2/c19-13-7-12(8-14(20)16(13)21)18(26)24-6-2-3-11(10-24)9-23-17(25)15-4-1-5-22-15/h7-8,11,15,22H,1-6,9-10H2,(H,23,25).